The van der Waals surface area contributed by atoms with Crippen molar-refractivity contribution >= 4 is 17.6 Å². The first-order valence-corrected chi connectivity index (χ1v) is 8.92. The van der Waals surface area contributed by atoms with Gasteiger partial charge in [0.2, 0.25) is 0 Å². The van der Waals surface area contributed by atoms with Gasteiger partial charge in [-0.25, -0.2) is 4.79 Å². The molecule has 0 aliphatic heterocycles. The fourth-order valence-electron chi connectivity index (χ4n) is 3.04. The summed E-state index contributed by atoms with van der Waals surface area (Å²) in [6.07, 6.45) is 5.38. The van der Waals surface area contributed by atoms with Crippen LogP contribution in [0.4, 0.5) is 5.69 Å². The average Bonchev–Trinajstić information content (AvgIpc) is 2.69. The molecule has 0 heterocycles. The molecule has 0 radical (unpaired) electrons. The van der Waals surface area contributed by atoms with E-state index >= 15 is 0 Å². The lowest BCUT2D eigenvalue weighted by Gasteiger charge is -2.21. The van der Waals surface area contributed by atoms with Crippen molar-refractivity contribution in [2.24, 2.45) is 0 Å². The molecule has 0 bridgehead atoms. The maximum absolute atomic E-state index is 12.3. The molecular weight excluding hydrogens is 330 g/mol. The molecule has 1 saturated carbocycles. The topological polar surface area (TPSA) is 64.6 Å². The highest BCUT2D eigenvalue weighted by Gasteiger charge is 2.18. The number of rotatable bonds is 5. The van der Waals surface area contributed by atoms with Gasteiger partial charge in [-0.05, 0) is 74.2 Å². The van der Waals surface area contributed by atoms with Crippen molar-refractivity contribution in [3.8, 4) is 5.75 Å². The highest BCUT2D eigenvalue weighted by Crippen LogP contribution is 2.22. The molecular formula is C21H23NO4. The van der Waals surface area contributed by atoms with Crippen LogP contribution in [-0.2, 0) is 4.74 Å². The van der Waals surface area contributed by atoms with Crippen LogP contribution < -0.4 is 10.1 Å². The molecule has 1 fully saturated rings. The minimum Gasteiger partial charge on any atom is -0.497 e. The Balaban J connectivity index is 1.57. The van der Waals surface area contributed by atoms with Crippen LogP contribution in [0.5, 0.6) is 5.75 Å². The van der Waals surface area contributed by atoms with Crippen molar-refractivity contribution < 1.29 is 19.1 Å². The zero-order valence-corrected chi connectivity index (χ0v) is 14.9. The summed E-state index contributed by atoms with van der Waals surface area (Å²) < 4.78 is 10.6. The number of methoxy groups -OCH3 is 1. The number of hydrogen-bond acceptors (Lipinski definition) is 4. The van der Waals surface area contributed by atoms with Crippen LogP contribution in [0.3, 0.4) is 0 Å². The molecule has 0 saturated heterocycles. The largest absolute Gasteiger partial charge is 0.497 e. The molecule has 26 heavy (non-hydrogen) atoms. The second kappa shape index (κ2) is 8.52. The van der Waals surface area contributed by atoms with Crippen LogP contribution in [-0.4, -0.2) is 25.1 Å². The second-order valence-electron chi connectivity index (χ2n) is 6.43. The van der Waals surface area contributed by atoms with Gasteiger partial charge in [-0.2, -0.15) is 0 Å². The van der Waals surface area contributed by atoms with Gasteiger partial charge in [-0.15, -0.1) is 0 Å². The number of hydrogen-bond donors (Lipinski definition) is 1. The van der Waals surface area contributed by atoms with Crippen LogP contribution in [0.2, 0.25) is 0 Å². The molecule has 136 valence electrons. The first-order valence-electron chi connectivity index (χ1n) is 8.92. The van der Waals surface area contributed by atoms with Crippen molar-refractivity contribution in [1.29, 1.82) is 0 Å². The van der Waals surface area contributed by atoms with Crippen LogP contribution in [0, 0.1) is 0 Å². The highest BCUT2D eigenvalue weighted by atomic mass is 16.5. The lowest BCUT2D eigenvalue weighted by atomic mass is 9.98. The standard InChI is InChI=1S/C21H23NO4/c1-25-18-13-9-15(10-14-18)20(23)22-17-11-7-16(8-12-17)21(24)26-19-5-3-2-4-6-19/h7-14,19H,2-6H2,1H3,(H,22,23). The van der Waals surface area contributed by atoms with E-state index in [4.69, 9.17) is 9.47 Å². The fourth-order valence-corrected chi connectivity index (χ4v) is 3.04. The van der Waals surface area contributed by atoms with Gasteiger partial charge in [0.15, 0.2) is 0 Å². The Bertz CT molecular complexity index is 747. The third kappa shape index (κ3) is 4.63. The van der Waals surface area contributed by atoms with Crippen LogP contribution in [0.1, 0.15) is 52.8 Å². The maximum Gasteiger partial charge on any atom is 0.338 e. The van der Waals surface area contributed by atoms with Crippen molar-refractivity contribution in [2.75, 3.05) is 12.4 Å². The molecule has 5 nitrogen and oxygen atoms in total. The van der Waals surface area contributed by atoms with Gasteiger partial charge in [0.05, 0.1) is 12.7 Å². The van der Waals surface area contributed by atoms with Crippen LogP contribution >= 0.6 is 0 Å². The molecule has 2 aromatic rings. The van der Waals surface area contributed by atoms with E-state index in [1.54, 1.807) is 55.6 Å². The van der Waals surface area contributed by atoms with Gasteiger partial charge in [-0.1, -0.05) is 6.42 Å². The number of carbonyl (C=O) groups excluding carboxylic acids is 2. The quantitative estimate of drug-likeness (QED) is 0.807. The summed E-state index contributed by atoms with van der Waals surface area (Å²) in [6.45, 7) is 0. The predicted molar refractivity (Wildman–Crippen MR) is 99.7 cm³/mol. The van der Waals surface area contributed by atoms with Crippen LogP contribution in [0.25, 0.3) is 0 Å². The zero-order valence-electron chi connectivity index (χ0n) is 14.9. The number of ether oxygens (including phenoxy) is 2. The summed E-state index contributed by atoms with van der Waals surface area (Å²) in [7, 11) is 1.58. The van der Waals surface area contributed by atoms with Crippen molar-refractivity contribution in [3.05, 3.63) is 59.7 Å². The molecule has 2 aromatic carbocycles. The first-order chi connectivity index (χ1) is 12.7. The van der Waals surface area contributed by atoms with Gasteiger partial charge in [0, 0.05) is 11.3 Å². The summed E-state index contributed by atoms with van der Waals surface area (Å²) in [4.78, 5) is 24.5. The maximum atomic E-state index is 12.3. The van der Waals surface area contributed by atoms with Gasteiger partial charge in [0.25, 0.3) is 5.91 Å². The van der Waals surface area contributed by atoms with Gasteiger partial charge >= 0.3 is 5.97 Å². The molecule has 1 aliphatic rings. The Morgan fingerprint density at radius 1 is 0.885 bits per heavy atom. The minimum absolute atomic E-state index is 0.0331. The van der Waals surface area contributed by atoms with Crippen molar-refractivity contribution in [2.45, 2.75) is 38.2 Å². The van der Waals surface area contributed by atoms with E-state index in [9.17, 15) is 9.59 Å². The molecule has 0 atom stereocenters. The summed E-state index contributed by atoms with van der Waals surface area (Å²) >= 11 is 0. The number of amides is 1. The van der Waals surface area contributed by atoms with Gasteiger partial charge in [-0.3, -0.25) is 4.79 Å². The Labute approximate surface area is 153 Å². The number of nitrogens with one attached hydrogen (secondary N) is 1. The number of anilines is 1. The summed E-state index contributed by atoms with van der Waals surface area (Å²) in [5, 5.41) is 2.81. The van der Waals surface area contributed by atoms with E-state index < -0.39 is 0 Å². The molecule has 0 unspecified atom stereocenters. The number of esters is 1. The summed E-state index contributed by atoms with van der Waals surface area (Å²) in [5.41, 5.74) is 1.66. The normalized spacial score (nSPS) is 14.5. The Kier molecular flexibility index (Phi) is 5.89. The van der Waals surface area contributed by atoms with Gasteiger partial charge < -0.3 is 14.8 Å². The fraction of sp³-hybridized carbons (Fsp3) is 0.333. The molecule has 1 amide bonds. The zero-order chi connectivity index (χ0) is 18.4. The average molecular weight is 353 g/mol. The van der Waals surface area contributed by atoms with Crippen LogP contribution in [0.15, 0.2) is 48.5 Å². The molecule has 3 rings (SSSR count). The van der Waals surface area contributed by atoms with Crippen molar-refractivity contribution in [3.63, 3.8) is 0 Å². The highest BCUT2D eigenvalue weighted by molar-refractivity contribution is 6.04. The Morgan fingerprint density at radius 3 is 2.12 bits per heavy atom. The molecule has 5 heteroatoms. The lowest BCUT2D eigenvalue weighted by molar-refractivity contribution is 0.0211. The third-order valence-electron chi connectivity index (χ3n) is 4.56. The van der Waals surface area contributed by atoms with E-state index in [1.165, 1.54) is 6.42 Å². The first kappa shape index (κ1) is 18.0. The lowest BCUT2D eigenvalue weighted by Crippen LogP contribution is -2.20. The van der Waals surface area contributed by atoms with E-state index in [0.717, 1.165) is 25.7 Å². The van der Waals surface area contributed by atoms with E-state index in [-0.39, 0.29) is 18.0 Å². The molecule has 1 aliphatic carbocycles. The number of carbonyl (C=O) groups is 2. The van der Waals surface area contributed by atoms with E-state index in [0.29, 0.717) is 22.6 Å². The van der Waals surface area contributed by atoms with E-state index in [1.807, 2.05) is 0 Å². The van der Waals surface area contributed by atoms with Crippen molar-refractivity contribution in [1.82, 2.24) is 0 Å². The smallest absolute Gasteiger partial charge is 0.338 e. The minimum atomic E-state index is -0.301. The molecule has 1 N–H and O–H groups in total. The predicted octanol–water partition coefficient (Wildman–Crippen LogP) is 4.44. The van der Waals surface area contributed by atoms with Gasteiger partial charge in [0.1, 0.15) is 11.9 Å². The Morgan fingerprint density at radius 2 is 1.50 bits per heavy atom. The summed E-state index contributed by atoms with van der Waals surface area (Å²) in [6, 6.07) is 13.6. The van der Waals surface area contributed by atoms with E-state index in [2.05, 4.69) is 5.32 Å². The Hall–Kier alpha value is -2.82. The molecule has 0 spiro atoms. The second-order valence-corrected chi connectivity index (χ2v) is 6.43. The monoisotopic (exact) mass is 353 g/mol. The summed E-state index contributed by atoms with van der Waals surface area (Å²) in [5.74, 6) is 0.178. The SMILES string of the molecule is COc1ccc(C(=O)Nc2ccc(C(=O)OC3CCCCC3)cc2)cc1. The molecule has 0 aromatic heterocycles. The third-order valence-corrected chi connectivity index (χ3v) is 4.56. The number of benzene rings is 2.